The van der Waals surface area contributed by atoms with Crippen LogP contribution in [0.1, 0.15) is 47.8 Å². The zero-order valence-electron chi connectivity index (χ0n) is 21.1. The number of nitrogens with zero attached hydrogens (tertiary/aromatic N) is 6. The molecule has 5 heterocycles. The molecule has 0 bridgehead atoms. The predicted octanol–water partition coefficient (Wildman–Crippen LogP) is 3.13. The van der Waals surface area contributed by atoms with E-state index in [1.807, 2.05) is 10.6 Å². The second kappa shape index (κ2) is 9.90. The van der Waals surface area contributed by atoms with Crippen molar-refractivity contribution in [2.75, 3.05) is 60.3 Å². The number of ether oxygens (including phenoxy) is 1. The monoisotopic (exact) mass is 559 g/mol. The lowest BCUT2D eigenvalue weighted by Crippen LogP contribution is -2.39. The second-order valence-electron chi connectivity index (χ2n) is 10.0. The first kappa shape index (κ1) is 25.2. The van der Waals surface area contributed by atoms with Crippen molar-refractivity contribution in [2.24, 2.45) is 0 Å². The minimum atomic E-state index is -3.59. The van der Waals surface area contributed by atoms with Gasteiger partial charge in [0.25, 0.3) is 5.91 Å². The van der Waals surface area contributed by atoms with Crippen molar-refractivity contribution in [2.45, 2.75) is 31.7 Å². The Hall–Kier alpha value is -3.09. The summed E-state index contributed by atoms with van der Waals surface area (Å²) in [5.74, 6) is 1.55. The van der Waals surface area contributed by atoms with E-state index in [0.717, 1.165) is 74.6 Å². The molecule has 1 aromatic carbocycles. The number of carbonyl (C=O) groups excluding carboxylic acids is 1. The van der Waals surface area contributed by atoms with Crippen LogP contribution in [-0.2, 0) is 14.8 Å². The lowest BCUT2D eigenvalue weighted by atomic mass is 9.98. The first-order chi connectivity index (χ1) is 18.3. The third kappa shape index (κ3) is 4.87. The van der Waals surface area contributed by atoms with Gasteiger partial charge in [0.1, 0.15) is 18.4 Å². The molecule has 3 aliphatic rings. The third-order valence-corrected chi connectivity index (χ3v) is 8.11. The summed E-state index contributed by atoms with van der Waals surface area (Å²) in [6, 6.07) is 8.35. The molecule has 11 nitrogen and oxygen atoms in total. The van der Waals surface area contributed by atoms with E-state index in [1.165, 1.54) is 12.1 Å². The van der Waals surface area contributed by atoms with Gasteiger partial charge in [-0.1, -0.05) is 11.6 Å². The number of piperidine rings is 1. The minimum absolute atomic E-state index is 0.207. The van der Waals surface area contributed by atoms with E-state index in [0.29, 0.717) is 24.9 Å². The van der Waals surface area contributed by atoms with Crippen molar-refractivity contribution in [1.82, 2.24) is 19.5 Å². The van der Waals surface area contributed by atoms with Gasteiger partial charge < -0.3 is 19.4 Å². The van der Waals surface area contributed by atoms with Gasteiger partial charge in [-0.2, -0.15) is 9.61 Å². The summed E-state index contributed by atoms with van der Waals surface area (Å²) in [5.41, 5.74) is 1.91. The summed E-state index contributed by atoms with van der Waals surface area (Å²) in [6.45, 7) is 4.41. The predicted molar refractivity (Wildman–Crippen MR) is 146 cm³/mol. The number of hydrogen-bond acceptors (Lipinski definition) is 8. The average Bonchev–Trinajstić information content (AvgIpc) is 3.53. The van der Waals surface area contributed by atoms with Crippen LogP contribution in [0.5, 0.6) is 0 Å². The smallest absolute Gasteiger partial charge is 0.256 e. The molecule has 3 aliphatic heterocycles. The number of carbonyl (C=O) groups is 1. The molecule has 1 unspecified atom stereocenters. The summed E-state index contributed by atoms with van der Waals surface area (Å²) in [7, 11) is -3.59. The molecule has 0 radical (unpaired) electrons. The van der Waals surface area contributed by atoms with Crippen LogP contribution in [0.15, 0.2) is 30.3 Å². The summed E-state index contributed by atoms with van der Waals surface area (Å²) >= 11 is 6.22. The Morgan fingerprint density at radius 3 is 2.63 bits per heavy atom. The molecular formula is C25H30ClN7O4S. The molecule has 2 aromatic heterocycles. The summed E-state index contributed by atoms with van der Waals surface area (Å²) in [5, 5.41) is 5.31. The first-order valence-electron chi connectivity index (χ1n) is 12.8. The van der Waals surface area contributed by atoms with Crippen LogP contribution < -0.4 is 14.5 Å². The highest BCUT2D eigenvalue weighted by molar-refractivity contribution is 7.92. The van der Waals surface area contributed by atoms with Gasteiger partial charge >= 0.3 is 0 Å². The van der Waals surface area contributed by atoms with E-state index in [4.69, 9.17) is 26.4 Å². The van der Waals surface area contributed by atoms with Crippen LogP contribution in [-0.4, -0.2) is 79.6 Å². The molecular weight excluding hydrogens is 530 g/mol. The van der Waals surface area contributed by atoms with Crippen molar-refractivity contribution in [3.8, 4) is 0 Å². The summed E-state index contributed by atoms with van der Waals surface area (Å²) in [6.07, 6.45) is 4.75. The topological polar surface area (TPSA) is 112 Å². The molecule has 13 heteroatoms. The highest BCUT2D eigenvalue weighted by Crippen LogP contribution is 2.35. The SMILES string of the molecule is CS(=O)(=O)Nc1ccc(Cl)cc1C(=O)N1CCCCC1c1cc2nc(N3CCC3)cc(N3CCOC3)n2n1. The van der Waals surface area contributed by atoms with Gasteiger partial charge in [0, 0.05) is 43.3 Å². The molecule has 6 rings (SSSR count). The molecule has 3 aromatic rings. The fourth-order valence-corrected chi connectivity index (χ4v) is 6.02. The van der Waals surface area contributed by atoms with Crippen LogP contribution >= 0.6 is 11.6 Å². The minimum Gasteiger partial charge on any atom is -0.359 e. The second-order valence-corrected chi connectivity index (χ2v) is 12.2. The highest BCUT2D eigenvalue weighted by Gasteiger charge is 2.33. The Labute approximate surface area is 226 Å². The van der Waals surface area contributed by atoms with Crippen LogP contribution in [0.4, 0.5) is 17.3 Å². The number of nitrogens with one attached hydrogen (secondary N) is 1. The molecule has 1 amide bonds. The van der Waals surface area contributed by atoms with Gasteiger partial charge in [-0.05, 0) is 43.9 Å². The zero-order chi connectivity index (χ0) is 26.4. The Morgan fingerprint density at radius 1 is 1.08 bits per heavy atom. The van der Waals surface area contributed by atoms with Crippen LogP contribution in [0.3, 0.4) is 0 Å². The van der Waals surface area contributed by atoms with E-state index in [2.05, 4.69) is 20.6 Å². The Balaban J connectivity index is 1.39. The van der Waals surface area contributed by atoms with Gasteiger partial charge in [0.2, 0.25) is 10.0 Å². The Kier molecular flexibility index (Phi) is 6.57. The van der Waals surface area contributed by atoms with Gasteiger partial charge in [-0.25, -0.2) is 13.4 Å². The summed E-state index contributed by atoms with van der Waals surface area (Å²) in [4.78, 5) is 24.9. The molecule has 0 saturated carbocycles. The van der Waals surface area contributed by atoms with Gasteiger partial charge in [0.05, 0.1) is 35.8 Å². The number of halogens is 1. The first-order valence-corrected chi connectivity index (χ1v) is 15.1. The molecule has 202 valence electrons. The third-order valence-electron chi connectivity index (χ3n) is 7.28. The fraction of sp³-hybridized carbons (Fsp3) is 0.480. The average molecular weight is 560 g/mol. The number of benzene rings is 1. The van der Waals surface area contributed by atoms with E-state index in [1.54, 1.807) is 11.0 Å². The Bertz CT molecular complexity index is 1480. The molecule has 38 heavy (non-hydrogen) atoms. The lowest BCUT2D eigenvalue weighted by Gasteiger charge is -2.35. The van der Waals surface area contributed by atoms with Crippen molar-refractivity contribution in [1.29, 1.82) is 0 Å². The van der Waals surface area contributed by atoms with E-state index in [9.17, 15) is 13.2 Å². The number of rotatable bonds is 6. The van der Waals surface area contributed by atoms with Crippen LogP contribution in [0.2, 0.25) is 5.02 Å². The standard InChI is InChI=1S/C25H30ClN7O4S/c1-38(35,36)29-19-7-6-17(26)13-18(19)25(34)32-10-3-2-5-21(32)20-14-23-27-22(30-8-4-9-30)15-24(33(23)28-20)31-11-12-37-16-31/h6-7,13-15,21,29H,2-5,8-12,16H2,1H3. The van der Waals surface area contributed by atoms with Crippen molar-refractivity contribution in [3.05, 3.63) is 46.6 Å². The Morgan fingerprint density at radius 2 is 1.92 bits per heavy atom. The van der Waals surface area contributed by atoms with Gasteiger partial charge in [-0.3, -0.25) is 9.52 Å². The molecule has 0 aliphatic carbocycles. The quantitative estimate of drug-likeness (QED) is 0.490. The number of hydrogen-bond donors (Lipinski definition) is 1. The number of anilines is 3. The number of fused-ring (bicyclic) bond motifs is 1. The van der Waals surface area contributed by atoms with Crippen molar-refractivity contribution >= 4 is 50.5 Å². The number of likely N-dealkylation sites (tertiary alicyclic amines) is 1. The molecule has 1 atom stereocenters. The molecule has 3 saturated heterocycles. The lowest BCUT2D eigenvalue weighted by molar-refractivity contribution is 0.0607. The largest absolute Gasteiger partial charge is 0.359 e. The van der Waals surface area contributed by atoms with Crippen LogP contribution in [0, 0.1) is 0 Å². The number of aromatic nitrogens is 3. The maximum absolute atomic E-state index is 13.9. The van der Waals surface area contributed by atoms with Gasteiger partial charge in [0.15, 0.2) is 5.65 Å². The summed E-state index contributed by atoms with van der Waals surface area (Å²) < 4.78 is 33.8. The normalized spacial score (nSPS) is 20.2. The van der Waals surface area contributed by atoms with Crippen LogP contribution in [0.25, 0.3) is 5.65 Å². The van der Waals surface area contributed by atoms with Gasteiger partial charge in [-0.15, -0.1) is 0 Å². The molecule has 3 fully saturated rings. The zero-order valence-corrected chi connectivity index (χ0v) is 22.7. The van der Waals surface area contributed by atoms with E-state index in [-0.39, 0.29) is 23.2 Å². The maximum atomic E-state index is 13.9. The van der Waals surface area contributed by atoms with E-state index >= 15 is 0 Å². The maximum Gasteiger partial charge on any atom is 0.256 e. The molecule has 1 N–H and O–H groups in total. The highest BCUT2D eigenvalue weighted by atomic mass is 35.5. The van der Waals surface area contributed by atoms with Crippen molar-refractivity contribution in [3.63, 3.8) is 0 Å². The van der Waals surface area contributed by atoms with E-state index < -0.39 is 10.0 Å². The van der Waals surface area contributed by atoms with Crippen molar-refractivity contribution < 1.29 is 17.9 Å². The number of amides is 1. The molecule has 0 spiro atoms. The number of sulfonamides is 1. The fourth-order valence-electron chi connectivity index (χ4n) is 5.27.